The minimum Gasteiger partial charge on any atom is -0.508 e. The molecule has 0 atom stereocenters. The van der Waals surface area contributed by atoms with Crippen LogP contribution >= 0.6 is 0 Å². The van der Waals surface area contributed by atoms with Gasteiger partial charge in [-0.05, 0) is 85.1 Å². The molecule has 0 aromatic heterocycles. The predicted molar refractivity (Wildman–Crippen MR) is 164 cm³/mol. The van der Waals surface area contributed by atoms with Crippen molar-refractivity contribution in [2.75, 3.05) is 24.6 Å². The van der Waals surface area contributed by atoms with Gasteiger partial charge in [0.05, 0.1) is 22.8 Å². The number of ether oxygens (including phenoxy) is 1. The predicted octanol–water partition coefficient (Wildman–Crippen LogP) is 7.58. The molecular formula is C33H34N4O6. The molecule has 0 amide bonds. The number of nitro benzene ring substituents is 1. The lowest BCUT2D eigenvalue weighted by Crippen LogP contribution is -2.29. The Labute approximate surface area is 250 Å². The van der Waals surface area contributed by atoms with Gasteiger partial charge in [-0.15, -0.1) is 0 Å². The third-order valence-corrected chi connectivity index (χ3v) is 7.40. The number of benzene rings is 4. The maximum Gasteiger partial charge on any atom is 0.305 e. The molecule has 0 saturated carbocycles. The lowest BCUT2D eigenvalue weighted by molar-refractivity contribution is -0.384. The van der Waals surface area contributed by atoms with E-state index >= 15 is 0 Å². The molecule has 4 aromatic rings. The summed E-state index contributed by atoms with van der Waals surface area (Å²) >= 11 is 0. The van der Waals surface area contributed by atoms with Crippen molar-refractivity contribution >= 4 is 28.7 Å². The van der Waals surface area contributed by atoms with E-state index in [2.05, 4.69) is 15.1 Å². The minimum absolute atomic E-state index is 0.00437. The fraction of sp³-hybridized carbons (Fsp3) is 0.242. The van der Waals surface area contributed by atoms with Crippen LogP contribution in [-0.4, -0.2) is 40.8 Å². The quantitative estimate of drug-likeness (QED) is 0.0717. The highest BCUT2D eigenvalue weighted by atomic mass is 16.6. The summed E-state index contributed by atoms with van der Waals surface area (Å²) in [7, 11) is 0. The summed E-state index contributed by atoms with van der Waals surface area (Å²) in [6.45, 7) is 5.50. The molecule has 0 radical (unpaired) electrons. The molecule has 0 saturated heterocycles. The Morgan fingerprint density at radius 2 is 1.33 bits per heavy atom. The molecule has 0 spiro atoms. The van der Waals surface area contributed by atoms with Crippen LogP contribution in [0.1, 0.15) is 37.8 Å². The summed E-state index contributed by atoms with van der Waals surface area (Å²) in [5.41, 5.74) is 3.43. The molecule has 0 aliphatic heterocycles. The first-order chi connectivity index (χ1) is 20.7. The van der Waals surface area contributed by atoms with Crippen LogP contribution in [0.25, 0.3) is 0 Å². The van der Waals surface area contributed by atoms with E-state index in [4.69, 9.17) is 4.74 Å². The van der Waals surface area contributed by atoms with E-state index in [0.29, 0.717) is 30.9 Å². The van der Waals surface area contributed by atoms with E-state index < -0.39 is 10.3 Å². The molecule has 10 heteroatoms. The summed E-state index contributed by atoms with van der Waals surface area (Å²) in [6.07, 6.45) is 0.674. The van der Waals surface area contributed by atoms with Gasteiger partial charge in [0.25, 0.3) is 5.69 Å². The number of anilines is 1. The number of azo groups is 1. The highest BCUT2D eigenvalue weighted by Crippen LogP contribution is 2.38. The Hall–Kier alpha value is -5.25. The number of carbonyl (C=O) groups excluding carboxylic acids is 1. The maximum absolute atomic E-state index is 12.8. The zero-order chi connectivity index (χ0) is 30.8. The fourth-order valence-corrected chi connectivity index (χ4v) is 4.76. The van der Waals surface area contributed by atoms with Crippen molar-refractivity contribution < 1.29 is 24.7 Å². The molecule has 10 nitrogen and oxygen atoms in total. The van der Waals surface area contributed by atoms with Crippen LogP contribution in [0.3, 0.4) is 0 Å². The molecule has 0 fully saturated rings. The third kappa shape index (κ3) is 8.16. The molecule has 4 rings (SSSR count). The van der Waals surface area contributed by atoms with Gasteiger partial charge in [-0.2, -0.15) is 10.2 Å². The Balaban J connectivity index is 1.31. The summed E-state index contributed by atoms with van der Waals surface area (Å²) in [4.78, 5) is 25.2. The van der Waals surface area contributed by atoms with Gasteiger partial charge in [0.1, 0.15) is 18.1 Å². The number of carbonyl (C=O) groups is 1. The van der Waals surface area contributed by atoms with Crippen molar-refractivity contribution in [3.8, 4) is 11.5 Å². The monoisotopic (exact) mass is 582 g/mol. The molecular weight excluding hydrogens is 548 g/mol. The molecule has 43 heavy (non-hydrogen) atoms. The van der Waals surface area contributed by atoms with Crippen molar-refractivity contribution in [3.05, 3.63) is 118 Å². The highest BCUT2D eigenvalue weighted by Gasteiger charge is 2.30. The van der Waals surface area contributed by atoms with Crippen LogP contribution in [0.15, 0.2) is 107 Å². The van der Waals surface area contributed by atoms with Crippen molar-refractivity contribution in [3.63, 3.8) is 0 Å². The molecule has 0 aliphatic carbocycles. The zero-order valence-electron chi connectivity index (χ0n) is 24.1. The van der Waals surface area contributed by atoms with Crippen LogP contribution in [-0.2, 0) is 14.9 Å². The molecule has 0 aliphatic rings. The SMILES string of the molecule is CCN(CCOC(=O)CCC(C)(c1ccc(O)cc1)c1ccc(O)cc1)c1ccc(N=Nc2ccc([N+](=O)[O-])cc2)cc1. The zero-order valence-corrected chi connectivity index (χ0v) is 24.1. The summed E-state index contributed by atoms with van der Waals surface area (Å²) < 4.78 is 5.60. The summed E-state index contributed by atoms with van der Waals surface area (Å²) in [6, 6.07) is 27.2. The first kappa shape index (κ1) is 30.7. The normalized spacial score (nSPS) is 11.4. The maximum atomic E-state index is 12.8. The second-order valence-electron chi connectivity index (χ2n) is 10.2. The third-order valence-electron chi connectivity index (χ3n) is 7.40. The number of rotatable bonds is 13. The van der Waals surface area contributed by atoms with Gasteiger partial charge in [0.2, 0.25) is 0 Å². The standard InChI is InChI=1S/C33H34N4O6/c1-3-36(28-12-8-26(9-13-28)34-35-27-10-14-29(15-11-27)37(41)42)22-23-43-32(40)20-21-33(2,24-4-16-30(38)17-5-24)25-6-18-31(39)19-7-25/h4-19,38-39H,3,20-23H2,1-2H3. The number of aromatic hydroxyl groups is 2. The number of hydrogen-bond acceptors (Lipinski definition) is 9. The van der Waals surface area contributed by atoms with Gasteiger partial charge in [-0.1, -0.05) is 31.2 Å². The topological polar surface area (TPSA) is 138 Å². The second kappa shape index (κ2) is 14.1. The van der Waals surface area contributed by atoms with Crippen LogP contribution in [0.5, 0.6) is 11.5 Å². The summed E-state index contributed by atoms with van der Waals surface area (Å²) in [5.74, 6) is 0.0257. The van der Waals surface area contributed by atoms with Crippen molar-refractivity contribution in [2.45, 2.75) is 32.1 Å². The molecule has 0 bridgehead atoms. The number of non-ortho nitro benzene ring substituents is 1. The smallest absolute Gasteiger partial charge is 0.305 e. The molecule has 0 heterocycles. The number of nitrogens with zero attached hydrogens (tertiary/aromatic N) is 4. The van der Waals surface area contributed by atoms with Crippen LogP contribution in [0, 0.1) is 10.1 Å². The number of esters is 1. The Bertz CT molecular complexity index is 1490. The first-order valence-electron chi connectivity index (χ1n) is 13.9. The van der Waals surface area contributed by atoms with Crippen molar-refractivity contribution in [1.82, 2.24) is 0 Å². The molecule has 222 valence electrons. The number of hydrogen-bond donors (Lipinski definition) is 2. The van der Waals surface area contributed by atoms with E-state index in [9.17, 15) is 25.1 Å². The largest absolute Gasteiger partial charge is 0.508 e. The van der Waals surface area contributed by atoms with Crippen molar-refractivity contribution in [2.24, 2.45) is 10.2 Å². The van der Waals surface area contributed by atoms with Gasteiger partial charge < -0.3 is 19.8 Å². The lowest BCUT2D eigenvalue weighted by atomic mass is 9.73. The minimum atomic E-state index is -0.534. The number of likely N-dealkylation sites (N-methyl/N-ethyl adjacent to an activating group) is 1. The van der Waals surface area contributed by atoms with Gasteiger partial charge in [-0.3, -0.25) is 14.9 Å². The van der Waals surface area contributed by atoms with E-state index in [1.54, 1.807) is 24.3 Å². The Morgan fingerprint density at radius 3 is 1.79 bits per heavy atom. The van der Waals surface area contributed by atoms with Gasteiger partial charge in [0, 0.05) is 36.2 Å². The Kier molecular flexibility index (Phi) is 10.1. The van der Waals surface area contributed by atoms with E-state index in [1.807, 2.05) is 62.4 Å². The van der Waals surface area contributed by atoms with Crippen LogP contribution in [0.4, 0.5) is 22.7 Å². The number of phenols is 2. The first-order valence-corrected chi connectivity index (χ1v) is 13.9. The number of nitro groups is 1. The van der Waals surface area contributed by atoms with E-state index in [1.165, 1.54) is 24.3 Å². The van der Waals surface area contributed by atoms with E-state index in [0.717, 1.165) is 16.8 Å². The highest BCUT2D eigenvalue weighted by molar-refractivity contribution is 5.70. The average Bonchev–Trinajstić information content (AvgIpc) is 3.02. The number of phenolic OH excluding ortho intramolecular Hbond substituents is 2. The van der Waals surface area contributed by atoms with Gasteiger partial charge in [-0.25, -0.2) is 0 Å². The Morgan fingerprint density at radius 1 is 0.837 bits per heavy atom. The summed E-state index contributed by atoms with van der Waals surface area (Å²) in [5, 5.41) is 38.6. The van der Waals surface area contributed by atoms with Crippen molar-refractivity contribution in [1.29, 1.82) is 0 Å². The lowest BCUT2D eigenvalue weighted by Gasteiger charge is -2.31. The van der Waals surface area contributed by atoms with Crippen LogP contribution in [0.2, 0.25) is 0 Å². The average molecular weight is 583 g/mol. The fourth-order valence-electron chi connectivity index (χ4n) is 4.76. The van der Waals surface area contributed by atoms with Crippen LogP contribution < -0.4 is 4.90 Å². The van der Waals surface area contributed by atoms with E-state index in [-0.39, 0.29) is 36.2 Å². The molecule has 2 N–H and O–H groups in total. The molecule has 4 aromatic carbocycles. The second-order valence-corrected chi connectivity index (χ2v) is 10.2. The van der Waals surface area contributed by atoms with Gasteiger partial charge >= 0.3 is 5.97 Å². The van der Waals surface area contributed by atoms with Gasteiger partial charge in [0.15, 0.2) is 0 Å². The molecule has 0 unspecified atom stereocenters.